The average molecular weight is 525 g/mol. The Kier molecular flexibility index (Phi) is 7.44. The maximum atomic E-state index is 13.4. The molecule has 192 valence electrons. The van der Waals surface area contributed by atoms with Crippen LogP contribution < -0.4 is 14.4 Å². The number of methoxy groups -OCH3 is 2. The van der Waals surface area contributed by atoms with Crippen LogP contribution in [-0.4, -0.2) is 53.1 Å². The van der Waals surface area contributed by atoms with Crippen LogP contribution in [0.25, 0.3) is 0 Å². The summed E-state index contributed by atoms with van der Waals surface area (Å²) in [6.07, 6.45) is -1.26. The number of hydrogen-bond acceptors (Lipinski definition) is 8. The fourth-order valence-corrected chi connectivity index (χ4v) is 5.44. The highest BCUT2D eigenvalue weighted by atomic mass is 32.2. The van der Waals surface area contributed by atoms with E-state index in [0.717, 1.165) is 4.31 Å². The molecular weight excluding hydrogens is 500 g/mol. The van der Waals surface area contributed by atoms with Gasteiger partial charge in [-0.3, -0.25) is 9.10 Å². The molecule has 0 spiro atoms. The van der Waals surface area contributed by atoms with E-state index in [1.165, 1.54) is 32.4 Å². The van der Waals surface area contributed by atoms with Gasteiger partial charge in [0.2, 0.25) is 10.0 Å². The summed E-state index contributed by atoms with van der Waals surface area (Å²) in [4.78, 5) is 37.5. The lowest BCUT2D eigenvalue weighted by Crippen LogP contribution is -2.49. The number of nitrogens with one attached hydrogen (secondary N) is 1. The summed E-state index contributed by atoms with van der Waals surface area (Å²) < 4.78 is 43.3. The Morgan fingerprint density at radius 3 is 2.32 bits per heavy atom. The molecular formula is C26H24N2O8S. The molecule has 10 nitrogen and oxygen atoms in total. The number of benzene rings is 3. The van der Waals surface area contributed by atoms with Crippen LogP contribution in [0.4, 0.5) is 11.4 Å². The second-order valence-corrected chi connectivity index (χ2v) is 9.97. The normalized spacial score (nSPS) is 14.6. The molecule has 1 amide bonds. The molecule has 3 aromatic carbocycles. The van der Waals surface area contributed by atoms with Crippen LogP contribution in [0.15, 0.2) is 72.8 Å². The van der Waals surface area contributed by atoms with E-state index >= 15 is 0 Å². The Labute approximate surface area is 213 Å². The Morgan fingerprint density at radius 2 is 1.62 bits per heavy atom. The summed E-state index contributed by atoms with van der Waals surface area (Å²) in [5.41, 5.74) is 0.974. The third kappa shape index (κ3) is 5.56. The highest BCUT2D eigenvalue weighted by molar-refractivity contribution is 7.92. The summed E-state index contributed by atoms with van der Waals surface area (Å²) in [6.45, 7) is -0.303. The summed E-state index contributed by atoms with van der Waals surface area (Å²) in [6, 6.07) is 19.2. The molecule has 4 rings (SSSR count). The Balaban J connectivity index is 1.65. The minimum atomic E-state index is -3.90. The number of nitrogens with zero attached hydrogens (tertiary/aromatic N) is 1. The van der Waals surface area contributed by atoms with Crippen molar-refractivity contribution in [2.24, 2.45) is 0 Å². The molecule has 3 aromatic rings. The van der Waals surface area contributed by atoms with Crippen molar-refractivity contribution in [1.82, 2.24) is 0 Å². The van der Waals surface area contributed by atoms with E-state index in [2.05, 4.69) is 5.32 Å². The number of anilines is 2. The number of hydrogen-bond donors (Lipinski definition) is 1. The molecule has 37 heavy (non-hydrogen) atoms. The molecule has 0 radical (unpaired) electrons. The zero-order chi connectivity index (χ0) is 26.6. The lowest BCUT2D eigenvalue weighted by Gasteiger charge is -2.34. The van der Waals surface area contributed by atoms with Crippen LogP contribution in [-0.2, 0) is 30.0 Å². The molecule has 1 atom stereocenters. The van der Waals surface area contributed by atoms with E-state index in [1.54, 1.807) is 54.6 Å². The molecule has 0 aromatic heterocycles. The molecule has 1 aliphatic rings. The lowest BCUT2D eigenvalue weighted by atomic mass is 10.1. The van der Waals surface area contributed by atoms with Gasteiger partial charge in [-0.1, -0.05) is 42.5 Å². The summed E-state index contributed by atoms with van der Waals surface area (Å²) in [5, 5.41) is 2.57. The molecule has 0 fully saturated rings. The molecule has 1 unspecified atom stereocenters. The van der Waals surface area contributed by atoms with Crippen LogP contribution in [0.1, 0.15) is 26.3 Å². The fraction of sp³-hybridized carbons (Fsp3) is 0.192. The summed E-state index contributed by atoms with van der Waals surface area (Å²) in [7, 11) is -1.52. The van der Waals surface area contributed by atoms with Crippen molar-refractivity contribution in [2.75, 3.05) is 30.4 Å². The van der Waals surface area contributed by atoms with E-state index in [-0.39, 0.29) is 34.9 Å². The highest BCUT2D eigenvalue weighted by Crippen LogP contribution is 2.36. The smallest absolute Gasteiger partial charge is 0.339 e. The van der Waals surface area contributed by atoms with E-state index in [4.69, 9.17) is 14.2 Å². The number of sulfonamides is 1. The number of amides is 1. The molecule has 0 bridgehead atoms. The molecule has 1 aliphatic heterocycles. The zero-order valence-corrected chi connectivity index (χ0v) is 20.9. The first kappa shape index (κ1) is 25.7. The quantitative estimate of drug-likeness (QED) is 0.467. The average Bonchev–Trinajstić information content (AvgIpc) is 2.91. The topological polar surface area (TPSA) is 128 Å². The Morgan fingerprint density at radius 1 is 0.946 bits per heavy atom. The van der Waals surface area contributed by atoms with Crippen LogP contribution >= 0.6 is 0 Å². The number of para-hydroxylation sites is 2. The van der Waals surface area contributed by atoms with Gasteiger partial charge in [-0.25, -0.2) is 18.0 Å². The highest BCUT2D eigenvalue weighted by Gasteiger charge is 2.37. The third-order valence-electron chi connectivity index (χ3n) is 5.66. The maximum Gasteiger partial charge on any atom is 0.339 e. The van der Waals surface area contributed by atoms with Gasteiger partial charge in [0, 0.05) is 0 Å². The first-order chi connectivity index (χ1) is 17.7. The molecule has 0 saturated heterocycles. The minimum Gasteiger partial charge on any atom is -0.476 e. The number of carbonyl (C=O) groups excluding carboxylic acids is 3. The SMILES string of the molecule is COC(=O)c1ccc(C(=O)OC)c(NC(=O)C2CN(S(=O)(=O)Cc3ccccc3)c3ccccc3O2)c1. The molecule has 0 saturated carbocycles. The monoisotopic (exact) mass is 524 g/mol. The Bertz CT molecular complexity index is 1440. The van der Waals surface area contributed by atoms with E-state index < -0.39 is 34.0 Å². The van der Waals surface area contributed by atoms with Crippen LogP contribution in [0.3, 0.4) is 0 Å². The van der Waals surface area contributed by atoms with Gasteiger partial charge in [0.25, 0.3) is 5.91 Å². The summed E-state index contributed by atoms with van der Waals surface area (Å²) in [5.74, 6) is -2.20. The van der Waals surface area contributed by atoms with Crippen molar-refractivity contribution in [1.29, 1.82) is 0 Å². The van der Waals surface area contributed by atoms with Gasteiger partial charge in [-0.2, -0.15) is 0 Å². The number of fused-ring (bicyclic) bond motifs is 1. The molecule has 1 N–H and O–H groups in total. The minimum absolute atomic E-state index is 0.00623. The first-order valence-corrected chi connectivity index (χ1v) is 12.8. The van der Waals surface area contributed by atoms with Crippen molar-refractivity contribution in [3.05, 3.63) is 89.5 Å². The number of esters is 2. The van der Waals surface area contributed by atoms with Gasteiger partial charge in [0.05, 0.1) is 49.0 Å². The Hall–Kier alpha value is -4.38. The van der Waals surface area contributed by atoms with Gasteiger partial charge in [-0.05, 0) is 35.9 Å². The van der Waals surface area contributed by atoms with Crippen molar-refractivity contribution in [2.45, 2.75) is 11.9 Å². The van der Waals surface area contributed by atoms with Gasteiger partial charge in [-0.15, -0.1) is 0 Å². The fourth-order valence-electron chi connectivity index (χ4n) is 3.86. The standard InChI is InChI=1S/C26H24N2O8S/c1-34-25(30)18-12-13-19(26(31)35-2)20(14-18)27-24(29)23-15-28(21-10-6-7-11-22(21)36-23)37(32,33)16-17-8-4-3-5-9-17/h3-14,23H,15-16H2,1-2H3,(H,27,29). The number of carbonyl (C=O) groups is 3. The second-order valence-electron chi connectivity index (χ2n) is 8.08. The van der Waals surface area contributed by atoms with Crippen molar-refractivity contribution in [3.8, 4) is 5.75 Å². The summed E-state index contributed by atoms with van der Waals surface area (Å²) >= 11 is 0. The number of rotatable bonds is 7. The van der Waals surface area contributed by atoms with Gasteiger partial charge in [0.15, 0.2) is 6.10 Å². The van der Waals surface area contributed by atoms with Crippen molar-refractivity contribution < 1.29 is 37.0 Å². The predicted octanol–water partition coefficient (Wildman–Crippen LogP) is 3.00. The van der Waals surface area contributed by atoms with Crippen LogP contribution in [0.2, 0.25) is 0 Å². The van der Waals surface area contributed by atoms with E-state index in [0.29, 0.717) is 11.3 Å². The van der Waals surface area contributed by atoms with Gasteiger partial charge in [0.1, 0.15) is 5.75 Å². The van der Waals surface area contributed by atoms with E-state index in [9.17, 15) is 22.8 Å². The first-order valence-electron chi connectivity index (χ1n) is 11.1. The lowest BCUT2D eigenvalue weighted by molar-refractivity contribution is -0.122. The number of ether oxygens (including phenoxy) is 3. The third-order valence-corrected chi connectivity index (χ3v) is 7.37. The van der Waals surface area contributed by atoms with Crippen LogP contribution in [0.5, 0.6) is 5.75 Å². The molecule has 0 aliphatic carbocycles. The zero-order valence-electron chi connectivity index (χ0n) is 20.0. The second kappa shape index (κ2) is 10.7. The van der Waals surface area contributed by atoms with Crippen molar-refractivity contribution >= 4 is 39.2 Å². The molecule has 1 heterocycles. The van der Waals surface area contributed by atoms with E-state index in [1.807, 2.05) is 0 Å². The largest absolute Gasteiger partial charge is 0.476 e. The van der Waals surface area contributed by atoms with Gasteiger partial charge >= 0.3 is 11.9 Å². The van der Waals surface area contributed by atoms with Gasteiger partial charge < -0.3 is 19.5 Å². The van der Waals surface area contributed by atoms with Crippen LogP contribution in [0, 0.1) is 0 Å². The maximum absolute atomic E-state index is 13.4. The predicted molar refractivity (Wildman–Crippen MR) is 135 cm³/mol. The molecule has 11 heteroatoms. The van der Waals surface area contributed by atoms with Crippen molar-refractivity contribution in [3.63, 3.8) is 0 Å².